The van der Waals surface area contributed by atoms with E-state index < -0.39 is 5.91 Å². The lowest BCUT2D eigenvalue weighted by molar-refractivity contribution is -0.113. The van der Waals surface area contributed by atoms with Gasteiger partial charge in [0.15, 0.2) is 0 Å². The molecule has 1 aromatic carbocycles. The van der Waals surface area contributed by atoms with Gasteiger partial charge in [-0.3, -0.25) is 14.0 Å². The minimum absolute atomic E-state index is 0.00157. The summed E-state index contributed by atoms with van der Waals surface area (Å²) < 4.78 is 1.42. The first kappa shape index (κ1) is 13.8. The molecular formula is C16H13N3O3. The fraction of sp³-hybridized carbons (Fsp3) is 0.0625. The van der Waals surface area contributed by atoms with Crippen LogP contribution in [-0.2, 0) is 4.79 Å². The van der Waals surface area contributed by atoms with Crippen LogP contribution in [0.15, 0.2) is 41.5 Å². The minimum Gasteiger partial charge on any atom is -0.505 e. The molecule has 3 aromatic rings. The molecule has 0 aliphatic rings. The summed E-state index contributed by atoms with van der Waals surface area (Å²) in [6.45, 7) is 1.74. The minimum atomic E-state index is -0.563. The number of fused-ring (bicyclic) bond motifs is 2. The Kier molecular flexibility index (Phi) is 3.14. The van der Waals surface area contributed by atoms with Gasteiger partial charge in [0.25, 0.3) is 5.56 Å². The highest BCUT2D eigenvalue weighted by Gasteiger charge is 2.09. The molecule has 0 bridgehead atoms. The number of carbonyl (C=O) groups is 1. The van der Waals surface area contributed by atoms with Crippen LogP contribution in [0.2, 0.25) is 0 Å². The predicted octanol–water partition coefficient (Wildman–Crippen LogP) is 1.36. The van der Waals surface area contributed by atoms with Gasteiger partial charge in [-0.05, 0) is 36.3 Å². The Bertz CT molecular complexity index is 1000. The third kappa shape index (κ3) is 2.20. The van der Waals surface area contributed by atoms with Crippen molar-refractivity contribution in [3.8, 4) is 5.75 Å². The number of hydrogen-bond acceptors (Lipinski definition) is 4. The number of aromatic nitrogens is 2. The SMILES string of the molecule is Cc1ccc2c(=O)n3cc(/C=C/C(N)=O)cc3cnc2c1O. The standard InChI is InChI=1S/C16H13N3O3/c1-9-2-4-12-14(15(9)21)18-7-11-6-10(3-5-13(17)20)8-19(11)16(12)22/h2-8,21H,1H3,(H2,17,20)/b5-3+. The second-order valence-corrected chi connectivity index (χ2v) is 4.99. The van der Waals surface area contributed by atoms with E-state index in [1.165, 1.54) is 22.7 Å². The number of amides is 1. The second kappa shape index (κ2) is 5.00. The number of aromatic hydroxyl groups is 1. The molecule has 2 heterocycles. The van der Waals surface area contributed by atoms with E-state index in [1.54, 1.807) is 31.3 Å². The van der Waals surface area contributed by atoms with E-state index in [4.69, 9.17) is 5.73 Å². The van der Waals surface area contributed by atoms with Gasteiger partial charge in [-0.2, -0.15) is 0 Å². The second-order valence-electron chi connectivity index (χ2n) is 4.99. The summed E-state index contributed by atoms with van der Waals surface area (Å²) in [6, 6.07) is 5.01. The first-order valence-electron chi connectivity index (χ1n) is 6.58. The Hall–Kier alpha value is -3.15. The molecule has 0 radical (unpaired) electrons. The van der Waals surface area contributed by atoms with Crippen molar-refractivity contribution in [3.05, 3.63) is 58.1 Å². The molecule has 1 amide bonds. The van der Waals surface area contributed by atoms with E-state index in [2.05, 4.69) is 4.98 Å². The van der Waals surface area contributed by atoms with Crippen LogP contribution in [0.3, 0.4) is 0 Å². The molecule has 3 rings (SSSR count). The zero-order valence-corrected chi connectivity index (χ0v) is 11.8. The maximum absolute atomic E-state index is 12.6. The number of phenols is 1. The topological polar surface area (TPSA) is 97.7 Å². The lowest BCUT2D eigenvalue weighted by Crippen LogP contribution is -2.08. The first-order valence-corrected chi connectivity index (χ1v) is 6.58. The van der Waals surface area contributed by atoms with E-state index in [1.807, 2.05) is 0 Å². The summed E-state index contributed by atoms with van der Waals surface area (Å²) in [5.41, 5.74) is 6.90. The molecule has 0 spiro atoms. The van der Waals surface area contributed by atoms with Crippen molar-refractivity contribution in [2.45, 2.75) is 6.92 Å². The van der Waals surface area contributed by atoms with Crippen molar-refractivity contribution >= 4 is 28.4 Å². The molecule has 0 saturated heterocycles. The highest BCUT2D eigenvalue weighted by Crippen LogP contribution is 2.24. The summed E-state index contributed by atoms with van der Waals surface area (Å²) in [6.07, 6.45) is 5.85. The van der Waals surface area contributed by atoms with Gasteiger partial charge in [-0.25, -0.2) is 4.98 Å². The zero-order valence-electron chi connectivity index (χ0n) is 11.8. The van der Waals surface area contributed by atoms with E-state index in [0.717, 1.165) is 0 Å². The van der Waals surface area contributed by atoms with Crippen LogP contribution in [0.25, 0.3) is 22.5 Å². The van der Waals surface area contributed by atoms with Crippen LogP contribution in [0, 0.1) is 6.92 Å². The Morgan fingerprint density at radius 2 is 2.18 bits per heavy atom. The molecule has 22 heavy (non-hydrogen) atoms. The molecule has 0 aliphatic carbocycles. The quantitative estimate of drug-likeness (QED) is 0.697. The molecule has 6 heteroatoms. The molecule has 0 aliphatic heterocycles. The number of aryl methyl sites for hydroxylation is 1. The van der Waals surface area contributed by atoms with Gasteiger partial charge in [0.05, 0.1) is 17.1 Å². The normalized spacial score (nSPS) is 11.5. The third-order valence-corrected chi connectivity index (χ3v) is 3.44. The van der Waals surface area contributed by atoms with Gasteiger partial charge < -0.3 is 10.8 Å². The van der Waals surface area contributed by atoms with Gasteiger partial charge in [-0.1, -0.05) is 6.07 Å². The Balaban J connectivity index is 2.34. The number of hydrogen-bond donors (Lipinski definition) is 2. The summed E-state index contributed by atoms with van der Waals surface area (Å²) in [5.74, 6) is -0.561. The summed E-state index contributed by atoms with van der Waals surface area (Å²) in [7, 11) is 0. The Labute approximate surface area is 125 Å². The van der Waals surface area contributed by atoms with Gasteiger partial charge in [0, 0.05) is 12.3 Å². The average molecular weight is 295 g/mol. The average Bonchev–Trinajstić information content (AvgIpc) is 2.84. The molecule has 3 N–H and O–H groups in total. The van der Waals surface area contributed by atoms with Gasteiger partial charge in [0.1, 0.15) is 11.3 Å². The van der Waals surface area contributed by atoms with E-state index >= 15 is 0 Å². The van der Waals surface area contributed by atoms with Crippen molar-refractivity contribution in [1.29, 1.82) is 0 Å². The highest BCUT2D eigenvalue weighted by molar-refractivity contribution is 5.90. The molecule has 6 nitrogen and oxygen atoms in total. The number of nitrogens with zero attached hydrogens (tertiary/aromatic N) is 2. The first-order chi connectivity index (χ1) is 10.5. The van der Waals surface area contributed by atoms with E-state index in [-0.39, 0.29) is 16.8 Å². The van der Waals surface area contributed by atoms with Gasteiger partial charge in [0.2, 0.25) is 5.91 Å². The molecule has 110 valence electrons. The van der Waals surface area contributed by atoms with Crippen LogP contribution >= 0.6 is 0 Å². The molecule has 2 aromatic heterocycles. The predicted molar refractivity (Wildman–Crippen MR) is 83.6 cm³/mol. The summed E-state index contributed by atoms with van der Waals surface area (Å²) in [4.78, 5) is 27.6. The van der Waals surface area contributed by atoms with E-state index in [0.29, 0.717) is 22.0 Å². The van der Waals surface area contributed by atoms with Crippen LogP contribution in [0.4, 0.5) is 0 Å². The number of nitrogens with two attached hydrogens (primary N) is 1. The van der Waals surface area contributed by atoms with Crippen LogP contribution in [-0.4, -0.2) is 20.4 Å². The lowest BCUT2D eigenvalue weighted by atomic mass is 10.1. The van der Waals surface area contributed by atoms with Crippen molar-refractivity contribution in [3.63, 3.8) is 0 Å². The number of phenolic OH excluding ortho intramolecular Hbond substituents is 1. The maximum atomic E-state index is 12.6. The molecule has 0 atom stereocenters. The lowest BCUT2D eigenvalue weighted by Gasteiger charge is -1.99. The molecular weight excluding hydrogens is 282 g/mol. The summed E-state index contributed by atoms with van der Waals surface area (Å²) >= 11 is 0. The fourth-order valence-electron chi connectivity index (χ4n) is 2.29. The van der Waals surface area contributed by atoms with Crippen LogP contribution < -0.4 is 11.3 Å². The number of primary amides is 1. The Morgan fingerprint density at radius 1 is 1.41 bits per heavy atom. The van der Waals surface area contributed by atoms with Crippen molar-refractivity contribution in [1.82, 2.24) is 9.38 Å². The van der Waals surface area contributed by atoms with Gasteiger partial charge in [-0.15, -0.1) is 0 Å². The molecule has 0 unspecified atom stereocenters. The zero-order chi connectivity index (χ0) is 15.9. The fourth-order valence-corrected chi connectivity index (χ4v) is 2.29. The summed E-state index contributed by atoms with van der Waals surface area (Å²) in [5, 5.41) is 10.4. The molecule has 0 saturated carbocycles. The largest absolute Gasteiger partial charge is 0.505 e. The van der Waals surface area contributed by atoms with Crippen LogP contribution in [0.1, 0.15) is 11.1 Å². The van der Waals surface area contributed by atoms with Crippen LogP contribution in [0.5, 0.6) is 5.75 Å². The molecule has 0 fully saturated rings. The smallest absolute Gasteiger partial charge is 0.264 e. The number of rotatable bonds is 2. The van der Waals surface area contributed by atoms with Crippen molar-refractivity contribution in [2.75, 3.05) is 0 Å². The maximum Gasteiger partial charge on any atom is 0.264 e. The van der Waals surface area contributed by atoms with Gasteiger partial charge >= 0.3 is 0 Å². The third-order valence-electron chi connectivity index (χ3n) is 3.44. The monoisotopic (exact) mass is 295 g/mol. The highest BCUT2D eigenvalue weighted by atomic mass is 16.3. The van der Waals surface area contributed by atoms with E-state index in [9.17, 15) is 14.7 Å². The number of carbonyl (C=O) groups excluding carboxylic acids is 1. The number of benzene rings is 1. The van der Waals surface area contributed by atoms with Crippen molar-refractivity contribution in [2.24, 2.45) is 5.73 Å². The Morgan fingerprint density at radius 3 is 2.91 bits per heavy atom. The van der Waals surface area contributed by atoms with Crippen molar-refractivity contribution < 1.29 is 9.90 Å².